The summed E-state index contributed by atoms with van der Waals surface area (Å²) in [7, 11) is 0. The molecule has 1 aromatic rings. The molecule has 0 aliphatic heterocycles. The minimum absolute atomic E-state index is 0.0891. The minimum Gasteiger partial charge on any atom is -0.426 e. The summed E-state index contributed by atoms with van der Waals surface area (Å²) in [6.07, 6.45) is 17.4. The Morgan fingerprint density at radius 3 is 2.21 bits per heavy atom. The summed E-state index contributed by atoms with van der Waals surface area (Å²) in [5, 5.41) is 0. The zero-order valence-electron chi connectivity index (χ0n) is 19.9. The maximum atomic E-state index is 14.0. The Hall–Kier alpha value is -1.17. The maximum absolute atomic E-state index is 14.0. The van der Waals surface area contributed by atoms with Gasteiger partial charge in [0.15, 0.2) is 0 Å². The number of hydrogen-bond acceptors (Lipinski definition) is 3. The van der Waals surface area contributed by atoms with E-state index in [4.69, 9.17) is 4.74 Å². The molecular formula is C27H39F3O2S. The molecule has 0 aromatic heterocycles. The Morgan fingerprint density at radius 1 is 0.970 bits per heavy atom. The van der Waals surface area contributed by atoms with Crippen molar-refractivity contribution in [2.24, 2.45) is 23.7 Å². The van der Waals surface area contributed by atoms with Gasteiger partial charge in [-0.25, -0.2) is 4.39 Å². The third kappa shape index (κ3) is 8.52. The van der Waals surface area contributed by atoms with E-state index in [1.807, 2.05) is 0 Å². The van der Waals surface area contributed by atoms with Gasteiger partial charge in [-0.3, -0.25) is 4.79 Å². The summed E-state index contributed by atoms with van der Waals surface area (Å²) < 4.78 is 44.2. The van der Waals surface area contributed by atoms with Gasteiger partial charge in [0.2, 0.25) is 0 Å². The first kappa shape index (κ1) is 26.4. The second kappa shape index (κ2) is 13.7. The molecule has 0 N–H and O–H groups in total. The molecule has 0 radical (unpaired) electrons. The lowest BCUT2D eigenvalue weighted by molar-refractivity contribution is -0.140. The van der Waals surface area contributed by atoms with Crippen LogP contribution in [-0.4, -0.2) is 11.7 Å². The molecule has 6 heteroatoms. The highest BCUT2D eigenvalue weighted by atomic mass is 32.2. The van der Waals surface area contributed by atoms with Crippen molar-refractivity contribution in [3.8, 4) is 5.75 Å². The molecule has 3 rings (SSSR count). The van der Waals surface area contributed by atoms with E-state index in [-0.39, 0.29) is 34.3 Å². The van der Waals surface area contributed by atoms with Gasteiger partial charge in [0.1, 0.15) is 11.6 Å². The fourth-order valence-electron chi connectivity index (χ4n) is 5.75. The normalized spacial score (nSPS) is 25.8. The van der Waals surface area contributed by atoms with Gasteiger partial charge in [0, 0.05) is 11.0 Å². The number of carbonyl (C=O) groups is 1. The van der Waals surface area contributed by atoms with Crippen molar-refractivity contribution in [1.29, 1.82) is 0 Å². The molecule has 2 nitrogen and oxygen atoms in total. The Kier molecular flexibility index (Phi) is 10.9. The molecule has 2 aliphatic rings. The fraction of sp³-hybridized carbons (Fsp3) is 0.741. The quantitative estimate of drug-likeness (QED) is 0.136. The lowest BCUT2D eigenvalue weighted by atomic mass is 9.68. The van der Waals surface area contributed by atoms with Crippen molar-refractivity contribution in [1.82, 2.24) is 0 Å². The minimum atomic E-state index is -2.69. The number of carbonyl (C=O) groups excluding carboxylic acids is 1. The molecule has 186 valence electrons. The van der Waals surface area contributed by atoms with Crippen LogP contribution in [0, 0.1) is 29.5 Å². The average molecular weight is 485 g/mol. The van der Waals surface area contributed by atoms with Crippen LogP contribution in [-0.2, 0) is 4.79 Å². The number of unbranched alkanes of at least 4 members (excludes halogenated alkanes) is 4. The second-order valence-electron chi connectivity index (χ2n) is 9.99. The third-order valence-electron chi connectivity index (χ3n) is 7.72. The van der Waals surface area contributed by atoms with Crippen molar-refractivity contribution in [3.63, 3.8) is 0 Å². The summed E-state index contributed by atoms with van der Waals surface area (Å²) in [4.78, 5) is 12.4. The first-order chi connectivity index (χ1) is 16.0. The van der Waals surface area contributed by atoms with Crippen molar-refractivity contribution < 1.29 is 22.7 Å². The van der Waals surface area contributed by atoms with Crippen LogP contribution in [0.2, 0.25) is 0 Å². The van der Waals surface area contributed by atoms with E-state index < -0.39 is 11.6 Å². The molecular weight excluding hydrogens is 445 g/mol. The Balaban J connectivity index is 1.36. The first-order valence-electron chi connectivity index (χ1n) is 12.9. The molecule has 33 heavy (non-hydrogen) atoms. The van der Waals surface area contributed by atoms with Crippen LogP contribution in [0.1, 0.15) is 96.8 Å². The van der Waals surface area contributed by atoms with Gasteiger partial charge >= 0.3 is 5.97 Å². The topological polar surface area (TPSA) is 26.3 Å². The van der Waals surface area contributed by atoms with Crippen molar-refractivity contribution in [2.45, 2.75) is 107 Å². The lowest BCUT2D eigenvalue weighted by Gasteiger charge is -2.37. The fourth-order valence-corrected chi connectivity index (χ4v) is 6.26. The molecule has 2 fully saturated rings. The van der Waals surface area contributed by atoms with Crippen LogP contribution in [0.4, 0.5) is 13.2 Å². The van der Waals surface area contributed by atoms with E-state index in [9.17, 15) is 18.0 Å². The largest absolute Gasteiger partial charge is 0.426 e. The standard InChI is InChI=1S/C27H39F3O2S/c1-2-3-4-5-6-7-19-8-10-20(11-9-19)21-12-14-22(15-13-21)26(31)32-23-16-17-25(24(28)18-23)33-27(29)30/h16-22,27H,2-15H2,1H3/t19-,20-,21-,22-. The van der Waals surface area contributed by atoms with Gasteiger partial charge in [-0.1, -0.05) is 70.1 Å². The SMILES string of the molecule is CCCCCCC[C@H]1CC[C@H]([C@H]2CC[C@H](C(=O)Oc3ccc(SC(F)F)c(F)c3)CC2)CC1. The highest BCUT2D eigenvalue weighted by Crippen LogP contribution is 2.42. The van der Waals surface area contributed by atoms with Crippen molar-refractivity contribution in [2.75, 3.05) is 0 Å². The summed E-state index contributed by atoms with van der Waals surface area (Å²) in [5.41, 5.74) is 0. The molecule has 0 atom stereocenters. The molecule has 1 aromatic carbocycles. The Bertz CT molecular complexity index is 726. The number of hydrogen-bond donors (Lipinski definition) is 0. The maximum Gasteiger partial charge on any atom is 0.314 e. The van der Waals surface area contributed by atoms with E-state index >= 15 is 0 Å². The Labute approximate surface area is 201 Å². The highest BCUT2D eigenvalue weighted by Gasteiger charge is 2.33. The number of esters is 1. The zero-order valence-corrected chi connectivity index (χ0v) is 20.7. The molecule has 2 saturated carbocycles. The number of thioether (sulfide) groups is 1. The second-order valence-corrected chi connectivity index (χ2v) is 11.0. The van der Waals surface area contributed by atoms with E-state index in [0.717, 1.165) is 43.6 Å². The molecule has 2 aliphatic carbocycles. The molecule has 0 heterocycles. The number of alkyl halides is 2. The molecule has 0 unspecified atom stereocenters. The monoisotopic (exact) mass is 484 g/mol. The predicted octanol–water partition coefficient (Wildman–Crippen LogP) is 9.02. The van der Waals surface area contributed by atoms with Crippen LogP contribution in [0.3, 0.4) is 0 Å². The van der Waals surface area contributed by atoms with Crippen LogP contribution in [0.15, 0.2) is 23.1 Å². The van der Waals surface area contributed by atoms with Crippen molar-refractivity contribution in [3.05, 3.63) is 24.0 Å². The van der Waals surface area contributed by atoms with Crippen molar-refractivity contribution >= 4 is 17.7 Å². The van der Waals surface area contributed by atoms with E-state index in [1.165, 1.54) is 76.3 Å². The number of halogens is 3. The van der Waals surface area contributed by atoms with Gasteiger partial charge in [0.25, 0.3) is 5.76 Å². The summed E-state index contributed by atoms with van der Waals surface area (Å²) in [6, 6.07) is 3.66. The number of rotatable bonds is 11. The van der Waals surface area contributed by atoms with Crippen LogP contribution in [0.25, 0.3) is 0 Å². The summed E-state index contributed by atoms with van der Waals surface area (Å²) >= 11 is 0.152. The Morgan fingerprint density at radius 2 is 1.61 bits per heavy atom. The molecule has 0 saturated heterocycles. The average Bonchev–Trinajstić information content (AvgIpc) is 2.81. The number of ether oxygens (including phenoxy) is 1. The summed E-state index contributed by atoms with van der Waals surface area (Å²) in [5.74, 6) is -1.44. The van der Waals surface area contributed by atoms with Gasteiger partial charge in [-0.05, 0) is 68.4 Å². The number of benzene rings is 1. The third-order valence-corrected chi connectivity index (χ3v) is 8.48. The smallest absolute Gasteiger partial charge is 0.314 e. The molecule has 0 amide bonds. The van der Waals surface area contributed by atoms with E-state index in [0.29, 0.717) is 5.92 Å². The molecule has 0 bridgehead atoms. The van der Waals surface area contributed by atoms with Crippen LogP contribution >= 0.6 is 11.8 Å². The van der Waals surface area contributed by atoms with Crippen LogP contribution in [0.5, 0.6) is 5.75 Å². The van der Waals surface area contributed by atoms with E-state index in [1.54, 1.807) is 0 Å². The van der Waals surface area contributed by atoms with Gasteiger partial charge in [0.05, 0.1) is 5.92 Å². The lowest BCUT2D eigenvalue weighted by Crippen LogP contribution is -2.30. The van der Waals surface area contributed by atoms with E-state index in [2.05, 4.69) is 6.92 Å². The van der Waals surface area contributed by atoms with Gasteiger partial charge in [-0.2, -0.15) is 8.78 Å². The predicted molar refractivity (Wildman–Crippen MR) is 128 cm³/mol. The first-order valence-corrected chi connectivity index (χ1v) is 13.8. The van der Waals surface area contributed by atoms with Gasteiger partial charge in [-0.15, -0.1) is 0 Å². The molecule has 0 spiro atoms. The summed E-state index contributed by atoms with van der Waals surface area (Å²) in [6.45, 7) is 2.26. The zero-order chi connectivity index (χ0) is 23.6. The highest BCUT2D eigenvalue weighted by molar-refractivity contribution is 7.99. The van der Waals surface area contributed by atoms with Crippen LogP contribution < -0.4 is 4.74 Å². The van der Waals surface area contributed by atoms with Gasteiger partial charge < -0.3 is 4.74 Å².